The maximum absolute atomic E-state index is 12.2. The van der Waals surface area contributed by atoms with Crippen molar-refractivity contribution in [1.29, 1.82) is 0 Å². The third kappa shape index (κ3) is 2.54. The summed E-state index contributed by atoms with van der Waals surface area (Å²) in [6, 6.07) is 9.57. The molecule has 1 aromatic carbocycles. The lowest BCUT2D eigenvalue weighted by Gasteiger charge is -2.02. The number of sulfonamides is 1. The molecule has 1 aromatic heterocycles. The predicted octanol–water partition coefficient (Wildman–Crippen LogP) is 1.62. The Bertz CT molecular complexity index is 688. The van der Waals surface area contributed by atoms with Gasteiger partial charge in [-0.1, -0.05) is 18.2 Å². The van der Waals surface area contributed by atoms with Crippen LogP contribution in [0.1, 0.15) is 18.5 Å². The minimum absolute atomic E-state index is 0.101. The molecule has 5 nitrogen and oxygen atoms in total. The first kappa shape index (κ1) is 12.4. The molecule has 0 radical (unpaired) electrons. The Kier molecular flexibility index (Phi) is 2.91. The molecule has 0 unspecified atom stereocenters. The van der Waals surface area contributed by atoms with Crippen molar-refractivity contribution in [3.05, 3.63) is 42.2 Å². The Balaban J connectivity index is 1.97. The molecule has 1 aliphatic carbocycles. The SMILES string of the molecule is Cc1nn(-c2ccccc2)cc1S(=O)(=O)NC1CC1. The standard InChI is InChI=1S/C13H15N3O2S/c1-10-13(19(17,18)15-11-7-8-11)9-16(14-10)12-5-3-2-4-6-12/h2-6,9,11,15H,7-8H2,1H3. The number of benzene rings is 1. The summed E-state index contributed by atoms with van der Waals surface area (Å²) in [5, 5.41) is 4.27. The zero-order chi connectivity index (χ0) is 13.5. The van der Waals surface area contributed by atoms with E-state index in [0.717, 1.165) is 18.5 Å². The zero-order valence-electron chi connectivity index (χ0n) is 10.6. The van der Waals surface area contributed by atoms with E-state index in [-0.39, 0.29) is 10.9 Å². The van der Waals surface area contributed by atoms with Gasteiger partial charge in [-0.2, -0.15) is 5.10 Å². The average Bonchev–Trinajstić information content (AvgIpc) is 3.08. The van der Waals surface area contributed by atoms with E-state index in [9.17, 15) is 8.42 Å². The number of hydrogen-bond donors (Lipinski definition) is 1. The molecule has 1 aliphatic rings. The Morgan fingerprint density at radius 1 is 1.26 bits per heavy atom. The molecule has 6 heteroatoms. The Morgan fingerprint density at radius 3 is 2.58 bits per heavy atom. The van der Waals surface area contributed by atoms with Crippen molar-refractivity contribution in [2.75, 3.05) is 0 Å². The van der Waals surface area contributed by atoms with Gasteiger partial charge in [0.2, 0.25) is 10.0 Å². The van der Waals surface area contributed by atoms with Gasteiger partial charge in [-0.15, -0.1) is 0 Å². The number of hydrogen-bond acceptors (Lipinski definition) is 3. The molecule has 0 atom stereocenters. The molecule has 3 rings (SSSR count). The van der Waals surface area contributed by atoms with Crippen molar-refractivity contribution in [1.82, 2.24) is 14.5 Å². The fourth-order valence-electron chi connectivity index (χ4n) is 1.91. The van der Waals surface area contributed by atoms with Gasteiger partial charge in [0.1, 0.15) is 4.90 Å². The van der Waals surface area contributed by atoms with Gasteiger partial charge in [0.05, 0.1) is 17.6 Å². The number of aryl methyl sites for hydroxylation is 1. The number of rotatable bonds is 4. The third-order valence-electron chi connectivity index (χ3n) is 3.06. The summed E-state index contributed by atoms with van der Waals surface area (Å²) in [5.41, 5.74) is 1.36. The molecule has 0 aliphatic heterocycles. The van der Waals surface area contributed by atoms with E-state index in [2.05, 4.69) is 9.82 Å². The predicted molar refractivity (Wildman–Crippen MR) is 71.6 cm³/mol. The first-order valence-corrected chi connectivity index (χ1v) is 7.68. The average molecular weight is 277 g/mol. The van der Waals surface area contributed by atoms with Crippen LogP contribution in [-0.2, 0) is 10.0 Å². The summed E-state index contributed by atoms with van der Waals surface area (Å²) in [7, 11) is -3.45. The van der Waals surface area contributed by atoms with E-state index >= 15 is 0 Å². The minimum Gasteiger partial charge on any atom is -0.239 e. The molecule has 1 N–H and O–H groups in total. The number of aromatic nitrogens is 2. The summed E-state index contributed by atoms with van der Waals surface area (Å²) in [6.07, 6.45) is 3.41. The molecule has 1 fully saturated rings. The Labute approximate surface area is 112 Å². The van der Waals surface area contributed by atoms with Crippen LogP contribution < -0.4 is 4.72 Å². The van der Waals surface area contributed by atoms with Gasteiger partial charge in [-0.05, 0) is 31.9 Å². The quantitative estimate of drug-likeness (QED) is 0.923. The van der Waals surface area contributed by atoms with Gasteiger partial charge in [-0.3, -0.25) is 0 Å². The van der Waals surface area contributed by atoms with Crippen molar-refractivity contribution in [2.24, 2.45) is 0 Å². The monoisotopic (exact) mass is 277 g/mol. The number of nitrogens with zero attached hydrogens (tertiary/aromatic N) is 2. The lowest BCUT2D eigenvalue weighted by Crippen LogP contribution is -2.25. The van der Waals surface area contributed by atoms with Crippen molar-refractivity contribution in [3.63, 3.8) is 0 Å². The van der Waals surface area contributed by atoms with E-state index in [4.69, 9.17) is 0 Å². The summed E-state index contributed by atoms with van der Waals surface area (Å²) in [4.78, 5) is 0.253. The van der Waals surface area contributed by atoms with E-state index in [0.29, 0.717) is 5.69 Å². The van der Waals surface area contributed by atoms with Crippen LogP contribution in [0.2, 0.25) is 0 Å². The second kappa shape index (κ2) is 4.47. The molecule has 2 aromatic rings. The smallest absolute Gasteiger partial charge is 0.239 e. The van der Waals surface area contributed by atoms with Crippen molar-refractivity contribution >= 4 is 10.0 Å². The highest BCUT2D eigenvalue weighted by molar-refractivity contribution is 7.89. The second-order valence-electron chi connectivity index (χ2n) is 4.75. The Hall–Kier alpha value is -1.66. The normalized spacial score (nSPS) is 15.6. The lowest BCUT2D eigenvalue weighted by atomic mass is 10.3. The summed E-state index contributed by atoms with van der Waals surface area (Å²) in [6.45, 7) is 1.71. The van der Waals surface area contributed by atoms with E-state index in [1.165, 1.54) is 0 Å². The second-order valence-corrected chi connectivity index (χ2v) is 6.44. The maximum atomic E-state index is 12.2. The van der Waals surface area contributed by atoms with E-state index in [1.807, 2.05) is 30.3 Å². The zero-order valence-corrected chi connectivity index (χ0v) is 11.4. The summed E-state index contributed by atoms with van der Waals surface area (Å²) >= 11 is 0. The molecule has 19 heavy (non-hydrogen) atoms. The van der Waals surface area contributed by atoms with Crippen LogP contribution in [0.15, 0.2) is 41.4 Å². The molecule has 1 heterocycles. The van der Waals surface area contributed by atoms with Gasteiger partial charge in [0.15, 0.2) is 0 Å². The molecular formula is C13H15N3O2S. The van der Waals surface area contributed by atoms with Gasteiger partial charge in [0.25, 0.3) is 0 Å². The Morgan fingerprint density at radius 2 is 1.95 bits per heavy atom. The fourth-order valence-corrected chi connectivity index (χ4v) is 3.38. The van der Waals surface area contributed by atoms with Crippen molar-refractivity contribution in [2.45, 2.75) is 30.7 Å². The largest absolute Gasteiger partial charge is 0.244 e. The van der Waals surface area contributed by atoms with Gasteiger partial charge in [0, 0.05) is 6.04 Å². The molecule has 1 saturated carbocycles. The van der Waals surface area contributed by atoms with Gasteiger partial charge >= 0.3 is 0 Å². The summed E-state index contributed by atoms with van der Waals surface area (Å²) < 4.78 is 28.6. The first-order chi connectivity index (χ1) is 9.06. The van der Waals surface area contributed by atoms with Crippen LogP contribution in [0.5, 0.6) is 0 Å². The number of para-hydroxylation sites is 1. The van der Waals surface area contributed by atoms with Crippen LogP contribution in [0.25, 0.3) is 5.69 Å². The summed E-state index contributed by atoms with van der Waals surface area (Å²) in [5.74, 6) is 0. The molecule has 0 amide bonds. The van der Waals surface area contributed by atoms with Crippen LogP contribution in [0.3, 0.4) is 0 Å². The van der Waals surface area contributed by atoms with Crippen LogP contribution in [-0.4, -0.2) is 24.2 Å². The third-order valence-corrected chi connectivity index (χ3v) is 4.69. The van der Waals surface area contributed by atoms with Crippen LogP contribution in [0, 0.1) is 6.92 Å². The lowest BCUT2D eigenvalue weighted by molar-refractivity contribution is 0.580. The van der Waals surface area contributed by atoms with E-state index in [1.54, 1.807) is 17.8 Å². The molecule has 0 bridgehead atoms. The topological polar surface area (TPSA) is 64.0 Å². The van der Waals surface area contributed by atoms with Crippen molar-refractivity contribution in [3.8, 4) is 5.69 Å². The molecule has 0 spiro atoms. The van der Waals surface area contributed by atoms with Crippen LogP contribution >= 0.6 is 0 Å². The van der Waals surface area contributed by atoms with E-state index < -0.39 is 10.0 Å². The van der Waals surface area contributed by atoms with Crippen LogP contribution in [0.4, 0.5) is 0 Å². The molecular weight excluding hydrogens is 262 g/mol. The molecule has 100 valence electrons. The highest BCUT2D eigenvalue weighted by atomic mass is 32.2. The van der Waals surface area contributed by atoms with Gasteiger partial charge in [-0.25, -0.2) is 17.8 Å². The maximum Gasteiger partial charge on any atom is 0.244 e. The highest BCUT2D eigenvalue weighted by Crippen LogP contribution is 2.23. The minimum atomic E-state index is -3.45. The van der Waals surface area contributed by atoms with Crippen molar-refractivity contribution < 1.29 is 8.42 Å². The fraction of sp³-hybridized carbons (Fsp3) is 0.308. The first-order valence-electron chi connectivity index (χ1n) is 6.20. The number of nitrogens with one attached hydrogen (secondary N) is 1. The molecule has 0 saturated heterocycles. The highest BCUT2D eigenvalue weighted by Gasteiger charge is 2.30. The van der Waals surface area contributed by atoms with Gasteiger partial charge < -0.3 is 0 Å².